The quantitative estimate of drug-likeness (QED) is 0.363. The summed E-state index contributed by atoms with van der Waals surface area (Å²) in [6, 6.07) is 10.6. The van der Waals surface area contributed by atoms with Crippen molar-refractivity contribution in [2.24, 2.45) is 0 Å². The van der Waals surface area contributed by atoms with Crippen molar-refractivity contribution in [1.29, 1.82) is 5.26 Å². The fraction of sp³-hybridized carbons (Fsp3) is 0.111. The number of nitriles is 1. The topological polar surface area (TPSA) is 82.3 Å². The molecule has 0 bridgehead atoms. The standard InChI is InChI=1S/C18H13BrF2N2O3S/c1-26-15-8-10(7-14(19)16(15)24)6-11(9-22)17(25)23-12-2-4-13(5-3-12)27-18(20)21/h2-8,18,24H,1H3,(H,23,25)/b11-6+. The van der Waals surface area contributed by atoms with Gasteiger partial charge in [0.2, 0.25) is 0 Å². The summed E-state index contributed by atoms with van der Waals surface area (Å²) in [7, 11) is 1.38. The Kier molecular flexibility index (Phi) is 7.21. The summed E-state index contributed by atoms with van der Waals surface area (Å²) in [5.74, 6) is -3.10. The van der Waals surface area contributed by atoms with Crippen molar-refractivity contribution < 1.29 is 23.4 Å². The van der Waals surface area contributed by atoms with E-state index in [9.17, 15) is 23.9 Å². The van der Waals surface area contributed by atoms with E-state index >= 15 is 0 Å². The number of alkyl halides is 2. The number of benzene rings is 2. The molecule has 9 heteroatoms. The summed E-state index contributed by atoms with van der Waals surface area (Å²) in [4.78, 5) is 12.7. The SMILES string of the molecule is COc1cc(/C=C(\C#N)C(=O)Nc2ccc(SC(F)F)cc2)cc(Br)c1O. The summed E-state index contributed by atoms with van der Waals surface area (Å²) in [6.45, 7) is 0. The molecule has 1 amide bonds. The number of ether oxygens (including phenoxy) is 1. The van der Waals surface area contributed by atoms with E-state index in [0.717, 1.165) is 0 Å². The number of halogens is 3. The van der Waals surface area contributed by atoms with E-state index in [1.54, 1.807) is 6.07 Å². The van der Waals surface area contributed by atoms with E-state index in [1.165, 1.54) is 49.6 Å². The van der Waals surface area contributed by atoms with Crippen molar-refractivity contribution in [3.05, 3.63) is 52.0 Å². The van der Waals surface area contributed by atoms with Crippen LogP contribution in [0.15, 0.2) is 51.3 Å². The highest BCUT2D eigenvalue weighted by Gasteiger charge is 2.13. The highest BCUT2D eigenvalue weighted by Crippen LogP contribution is 2.35. The molecule has 0 saturated carbocycles. The fourth-order valence-corrected chi connectivity index (χ4v) is 3.02. The Bertz CT molecular complexity index is 912. The van der Waals surface area contributed by atoms with Crippen LogP contribution < -0.4 is 10.1 Å². The molecule has 2 N–H and O–H groups in total. The van der Waals surface area contributed by atoms with Crippen LogP contribution in [0, 0.1) is 11.3 Å². The first-order valence-electron chi connectivity index (χ1n) is 7.38. The fourth-order valence-electron chi connectivity index (χ4n) is 2.07. The first-order valence-corrected chi connectivity index (χ1v) is 9.06. The molecule has 0 saturated heterocycles. The maximum atomic E-state index is 12.3. The van der Waals surface area contributed by atoms with Gasteiger partial charge in [-0.1, -0.05) is 11.8 Å². The Morgan fingerprint density at radius 1 is 1.37 bits per heavy atom. The highest BCUT2D eigenvalue weighted by atomic mass is 79.9. The van der Waals surface area contributed by atoms with Gasteiger partial charge < -0.3 is 15.2 Å². The lowest BCUT2D eigenvalue weighted by Gasteiger charge is -2.08. The third kappa shape index (κ3) is 5.70. The number of phenols is 1. The average Bonchev–Trinajstić information content (AvgIpc) is 2.63. The minimum Gasteiger partial charge on any atom is -0.503 e. The molecule has 0 aromatic heterocycles. The second kappa shape index (κ2) is 9.39. The zero-order valence-electron chi connectivity index (χ0n) is 13.9. The van der Waals surface area contributed by atoms with E-state index in [0.29, 0.717) is 32.4 Å². The Balaban J connectivity index is 2.20. The molecule has 0 fully saturated rings. The maximum absolute atomic E-state index is 12.3. The lowest BCUT2D eigenvalue weighted by molar-refractivity contribution is -0.112. The number of rotatable bonds is 6. The van der Waals surface area contributed by atoms with Gasteiger partial charge in [-0.3, -0.25) is 4.79 Å². The number of hydrogen-bond acceptors (Lipinski definition) is 5. The van der Waals surface area contributed by atoms with Crippen LogP contribution in [0.5, 0.6) is 11.5 Å². The predicted octanol–water partition coefficient (Wildman–Crippen LogP) is 5.02. The van der Waals surface area contributed by atoms with E-state index in [-0.39, 0.29) is 17.1 Å². The maximum Gasteiger partial charge on any atom is 0.288 e. The Morgan fingerprint density at radius 2 is 2.04 bits per heavy atom. The molecule has 0 heterocycles. The van der Waals surface area contributed by atoms with Crippen LogP contribution in [0.4, 0.5) is 14.5 Å². The molecule has 0 unspecified atom stereocenters. The molecular weight excluding hydrogens is 442 g/mol. The minimum absolute atomic E-state index is 0.0978. The molecule has 0 spiro atoms. The first-order chi connectivity index (χ1) is 12.8. The number of thioether (sulfide) groups is 1. The Hall–Kier alpha value is -2.57. The number of nitrogens with one attached hydrogen (secondary N) is 1. The number of methoxy groups -OCH3 is 1. The molecule has 0 aliphatic rings. The predicted molar refractivity (Wildman–Crippen MR) is 103 cm³/mol. The lowest BCUT2D eigenvalue weighted by atomic mass is 10.1. The third-order valence-corrected chi connectivity index (χ3v) is 4.61. The molecule has 0 aliphatic carbocycles. The molecule has 0 atom stereocenters. The average molecular weight is 455 g/mol. The van der Waals surface area contributed by atoms with Crippen molar-refractivity contribution in [3.8, 4) is 17.6 Å². The van der Waals surface area contributed by atoms with E-state index in [4.69, 9.17) is 4.74 Å². The van der Waals surface area contributed by atoms with E-state index in [2.05, 4.69) is 21.2 Å². The summed E-state index contributed by atoms with van der Waals surface area (Å²) in [5, 5.41) is 21.6. The molecule has 2 aromatic rings. The molecule has 5 nitrogen and oxygen atoms in total. The van der Waals surface area contributed by atoms with Gasteiger partial charge in [-0.05, 0) is 64.0 Å². The van der Waals surface area contributed by atoms with Crippen LogP contribution in [0.1, 0.15) is 5.56 Å². The third-order valence-electron chi connectivity index (χ3n) is 3.28. The Labute approximate surface area is 166 Å². The van der Waals surface area contributed by atoms with Crippen molar-refractivity contribution in [2.45, 2.75) is 10.7 Å². The van der Waals surface area contributed by atoms with Crippen LogP contribution in [0.2, 0.25) is 0 Å². The second-order valence-corrected chi connectivity index (χ2v) is 7.00. The first kappa shape index (κ1) is 20.7. The zero-order chi connectivity index (χ0) is 20.0. The Morgan fingerprint density at radius 3 is 2.59 bits per heavy atom. The number of nitrogens with zero attached hydrogens (tertiary/aromatic N) is 1. The van der Waals surface area contributed by atoms with Gasteiger partial charge in [-0.25, -0.2) is 0 Å². The van der Waals surface area contributed by atoms with Crippen molar-refractivity contribution in [3.63, 3.8) is 0 Å². The number of anilines is 1. The molecular formula is C18H13BrF2N2O3S. The van der Waals surface area contributed by atoms with Crippen LogP contribution in [0.3, 0.4) is 0 Å². The van der Waals surface area contributed by atoms with E-state index in [1.807, 2.05) is 0 Å². The van der Waals surface area contributed by atoms with Gasteiger partial charge in [0.05, 0.1) is 11.6 Å². The van der Waals surface area contributed by atoms with Gasteiger partial charge >= 0.3 is 0 Å². The number of carbonyl (C=O) groups is 1. The lowest BCUT2D eigenvalue weighted by Crippen LogP contribution is -2.13. The molecule has 0 aliphatic heterocycles. The summed E-state index contributed by atoms with van der Waals surface area (Å²) in [6.07, 6.45) is 1.34. The molecule has 2 rings (SSSR count). The minimum atomic E-state index is -2.53. The van der Waals surface area contributed by atoms with Crippen LogP contribution in [-0.2, 0) is 4.79 Å². The van der Waals surface area contributed by atoms with Gasteiger partial charge in [-0.15, -0.1) is 0 Å². The molecule has 140 valence electrons. The number of phenolic OH excluding ortho intramolecular Hbond substituents is 1. The van der Waals surface area contributed by atoms with Crippen molar-refractivity contribution in [1.82, 2.24) is 0 Å². The van der Waals surface area contributed by atoms with Gasteiger partial charge in [0.15, 0.2) is 11.5 Å². The van der Waals surface area contributed by atoms with Crippen molar-refractivity contribution >= 4 is 45.4 Å². The second-order valence-electron chi connectivity index (χ2n) is 5.08. The van der Waals surface area contributed by atoms with Gasteiger partial charge in [0.1, 0.15) is 11.6 Å². The molecule has 2 aromatic carbocycles. The smallest absolute Gasteiger partial charge is 0.288 e. The van der Waals surface area contributed by atoms with Gasteiger partial charge in [0, 0.05) is 10.6 Å². The normalized spacial score (nSPS) is 11.2. The highest BCUT2D eigenvalue weighted by molar-refractivity contribution is 9.10. The number of hydrogen-bond donors (Lipinski definition) is 2. The largest absolute Gasteiger partial charge is 0.503 e. The van der Waals surface area contributed by atoms with Crippen LogP contribution >= 0.6 is 27.7 Å². The monoisotopic (exact) mass is 454 g/mol. The number of carbonyl (C=O) groups excluding carboxylic acids is 1. The van der Waals surface area contributed by atoms with Crippen LogP contribution in [0.25, 0.3) is 6.08 Å². The summed E-state index contributed by atoms with van der Waals surface area (Å²) < 4.78 is 30.0. The molecule has 27 heavy (non-hydrogen) atoms. The number of aromatic hydroxyl groups is 1. The van der Waals surface area contributed by atoms with Crippen LogP contribution in [-0.4, -0.2) is 23.9 Å². The van der Waals surface area contributed by atoms with E-state index < -0.39 is 11.7 Å². The molecule has 0 radical (unpaired) electrons. The van der Waals surface area contributed by atoms with Crippen molar-refractivity contribution in [2.75, 3.05) is 12.4 Å². The number of amides is 1. The van der Waals surface area contributed by atoms with Gasteiger partial charge in [-0.2, -0.15) is 14.0 Å². The summed E-state index contributed by atoms with van der Waals surface area (Å²) in [5.41, 5.74) is 0.650. The summed E-state index contributed by atoms with van der Waals surface area (Å²) >= 11 is 3.56. The van der Waals surface area contributed by atoms with Gasteiger partial charge in [0.25, 0.3) is 11.7 Å². The zero-order valence-corrected chi connectivity index (χ0v) is 16.3.